The van der Waals surface area contributed by atoms with E-state index in [1.165, 1.54) is 0 Å². The van der Waals surface area contributed by atoms with Crippen LogP contribution in [0.4, 0.5) is 8.78 Å². The molecule has 0 aliphatic heterocycles. The average Bonchev–Trinajstić information content (AvgIpc) is 3.10. The van der Waals surface area contributed by atoms with Crippen molar-refractivity contribution >= 4 is 5.96 Å². The minimum absolute atomic E-state index is 0.426. The summed E-state index contributed by atoms with van der Waals surface area (Å²) in [5, 5.41) is 6.34. The summed E-state index contributed by atoms with van der Waals surface area (Å²) in [7, 11) is 1.68. The third kappa shape index (κ3) is 6.28. The first-order valence-electron chi connectivity index (χ1n) is 7.64. The van der Waals surface area contributed by atoms with Gasteiger partial charge in [-0.25, -0.2) is 8.78 Å². The molecule has 130 valence electrons. The van der Waals surface area contributed by atoms with Crippen molar-refractivity contribution in [1.29, 1.82) is 0 Å². The number of nitrogens with one attached hydrogen (secondary N) is 2. The molecule has 0 unspecified atom stereocenters. The van der Waals surface area contributed by atoms with Gasteiger partial charge in [-0.2, -0.15) is 0 Å². The lowest BCUT2D eigenvalue weighted by molar-refractivity contribution is 0.0818. The SMILES string of the molecule is CN=C(NCCc1ccco1)NCc1cccc(OCC(F)F)c1. The van der Waals surface area contributed by atoms with Crippen molar-refractivity contribution < 1.29 is 17.9 Å². The van der Waals surface area contributed by atoms with E-state index in [0.717, 1.165) is 17.7 Å². The predicted molar refractivity (Wildman–Crippen MR) is 88.6 cm³/mol. The minimum atomic E-state index is -2.48. The second kappa shape index (κ2) is 9.54. The van der Waals surface area contributed by atoms with Crippen LogP contribution in [0.2, 0.25) is 0 Å². The van der Waals surface area contributed by atoms with Gasteiger partial charge in [-0.15, -0.1) is 0 Å². The maximum absolute atomic E-state index is 12.2. The van der Waals surface area contributed by atoms with Crippen LogP contribution in [0.3, 0.4) is 0 Å². The van der Waals surface area contributed by atoms with E-state index in [9.17, 15) is 8.78 Å². The first-order valence-corrected chi connectivity index (χ1v) is 7.64. The van der Waals surface area contributed by atoms with Gasteiger partial charge in [0.1, 0.15) is 18.1 Å². The average molecular weight is 337 g/mol. The Morgan fingerprint density at radius 1 is 1.25 bits per heavy atom. The van der Waals surface area contributed by atoms with Crippen LogP contribution in [0.15, 0.2) is 52.1 Å². The number of nitrogens with zero attached hydrogens (tertiary/aromatic N) is 1. The molecule has 1 aromatic carbocycles. The molecule has 0 radical (unpaired) electrons. The lowest BCUT2D eigenvalue weighted by atomic mass is 10.2. The maximum atomic E-state index is 12.2. The van der Waals surface area contributed by atoms with Gasteiger partial charge in [0.15, 0.2) is 5.96 Å². The van der Waals surface area contributed by atoms with E-state index in [1.54, 1.807) is 31.5 Å². The Kier molecular flexibility index (Phi) is 7.07. The third-order valence-corrected chi connectivity index (χ3v) is 3.20. The van der Waals surface area contributed by atoms with Crippen LogP contribution in [-0.2, 0) is 13.0 Å². The van der Waals surface area contributed by atoms with Crippen molar-refractivity contribution in [3.63, 3.8) is 0 Å². The Hall–Kier alpha value is -2.57. The molecule has 0 spiro atoms. The van der Waals surface area contributed by atoms with Crippen molar-refractivity contribution in [2.75, 3.05) is 20.2 Å². The highest BCUT2D eigenvalue weighted by atomic mass is 19.3. The zero-order chi connectivity index (χ0) is 17.2. The monoisotopic (exact) mass is 337 g/mol. The van der Waals surface area contributed by atoms with Crippen LogP contribution in [0.25, 0.3) is 0 Å². The van der Waals surface area contributed by atoms with Crippen molar-refractivity contribution in [2.24, 2.45) is 4.99 Å². The standard InChI is InChI=1S/C17H21F2N3O2/c1-20-17(21-8-7-14-6-3-9-23-14)22-11-13-4-2-5-15(10-13)24-12-16(18)19/h2-6,9-10,16H,7-8,11-12H2,1H3,(H2,20,21,22). The fourth-order valence-corrected chi connectivity index (χ4v) is 2.07. The lowest BCUT2D eigenvalue weighted by Crippen LogP contribution is -2.37. The molecular formula is C17H21F2N3O2. The number of rotatable bonds is 8. The predicted octanol–water partition coefficient (Wildman–Crippen LogP) is 2.83. The number of hydrogen-bond donors (Lipinski definition) is 2. The van der Waals surface area contributed by atoms with E-state index in [4.69, 9.17) is 9.15 Å². The van der Waals surface area contributed by atoms with Crippen molar-refractivity contribution in [1.82, 2.24) is 10.6 Å². The molecule has 0 bridgehead atoms. The van der Waals surface area contributed by atoms with Crippen LogP contribution in [0, 0.1) is 0 Å². The van der Waals surface area contributed by atoms with E-state index in [2.05, 4.69) is 15.6 Å². The largest absolute Gasteiger partial charge is 0.488 e. The summed E-state index contributed by atoms with van der Waals surface area (Å²) in [6.07, 6.45) is -0.0835. The molecule has 2 N–H and O–H groups in total. The molecule has 2 rings (SSSR count). The van der Waals surface area contributed by atoms with Gasteiger partial charge >= 0.3 is 0 Å². The Morgan fingerprint density at radius 3 is 2.83 bits per heavy atom. The van der Waals surface area contributed by atoms with Crippen molar-refractivity contribution in [3.05, 3.63) is 54.0 Å². The molecule has 0 saturated heterocycles. The Labute approximate surface area is 139 Å². The molecule has 24 heavy (non-hydrogen) atoms. The number of benzene rings is 1. The Balaban J connectivity index is 1.76. The van der Waals surface area contributed by atoms with Crippen LogP contribution in [-0.4, -0.2) is 32.6 Å². The summed E-state index contributed by atoms with van der Waals surface area (Å²) in [4.78, 5) is 4.14. The molecule has 0 aliphatic rings. The number of hydrogen-bond acceptors (Lipinski definition) is 3. The molecule has 1 heterocycles. The molecule has 0 fully saturated rings. The van der Waals surface area contributed by atoms with Crippen molar-refractivity contribution in [3.8, 4) is 5.75 Å². The number of guanidine groups is 1. The van der Waals surface area contributed by atoms with Crippen LogP contribution >= 0.6 is 0 Å². The second-order valence-electron chi connectivity index (χ2n) is 5.03. The highest BCUT2D eigenvalue weighted by Crippen LogP contribution is 2.14. The molecule has 0 aliphatic carbocycles. The Morgan fingerprint density at radius 2 is 2.12 bits per heavy atom. The van der Waals surface area contributed by atoms with Gasteiger partial charge < -0.3 is 19.8 Å². The second-order valence-corrected chi connectivity index (χ2v) is 5.03. The van der Waals surface area contributed by atoms with E-state index < -0.39 is 13.0 Å². The van der Waals surface area contributed by atoms with E-state index >= 15 is 0 Å². The smallest absolute Gasteiger partial charge is 0.272 e. The van der Waals surface area contributed by atoms with E-state index in [-0.39, 0.29) is 0 Å². The molecule has 5 nitrogen and oxygen atoms in total. The van der Waals surface area contributed by atoms with Crippen LogP contribution in [0.5, 0.6) is 5.75 Å². The molecule has 7 heteroatoms. The van der Waals surface area contributed by atoms with Gasteiger partial charge in [0.05, 0.1) is 6.26 Å². The summed E-state index contributed by atoms with van der Waals surface area (Å²) in [5.74, 6) is 1.98. The molecular weight excluding hydrogens is 316 g/mol. The summed E-state index contributed by atoms with van der Waals surface area (Å²) < 4.78 is 34.6. The quantitative estimate of drug-likeness (QED) is 0.574. The minimum Gasteiger partial charge on any atom is -0.488 e. The summed E-state index contributed by atoms with van der Waals surface area (Å²) in [6, 6.07) is 10.8. The van der Waals surface area contributed by atoms with E-state index in [0.29, 0.717) is 24.8 Å². The summed E-state index contributed by atoms with van der Waals surface area (Å²) in [6.45, 7) is 0.587. The fourth-order valence-electron chi connectivity index (χ4n) is 2.07. The van der Waals surface area contributed by atoms with Gasteiger partial charge in [-0.3, -0.25) is 4.99 Å². The van der Waals surface area contributed by atoms with Crippen LogP contribution < -0.4 is 15.4 Å². The molecule has 0 saturated carbocycles. The highest BCUT2D eigenvalue weighted by molar-refractivity contribution is 5.79. The number of furan rings is 1. The van der Waals surface area contributed by atoms with Crippen molar-refractivity contribution in [2.45, 2.75) is 19.4 Å². The number of alkyl halides is 2. The maximum Gasteiger partial charge on any atom is 0.272 e. The molecule has 0 amide bonds. The van der Waals surface area contributed by atoms with Gasteiger partial charge in [-0.1, -0.05) is 12.1 Å². The molecule has 2 aromatic rings. The van der Waals surface area contributed by atoms with Gasteiger partial charge in [0.25, 0.3) is 6.43 Å². The Bertz CT molecular complexity index is 631. The zero-order valence-corrected chi connectivity index (χ0v) is 13.5. The third-order valence-electron chi connectivity index (χ3n) is 3.20. The van der Waals surface area contributed by atoms with Gasteiger partial charge in [0.2, 0.25) is 0 Å². The number of aliphatic imine (C=N–C) groups is 1. The van der Waals surface area contributed by atoms with Gasteiger partial charge in [-0.05, 0) is 29.8 Å². The molecule has 1 aromatic heterocycles. The first-order chi connectivity index (χ1) is 11.7. The normalized spacial score (nSPS) is 11.6. The number of halogens is 2. The first kappa shape index (κ1) is 17.8. The lowest BCUT2D eigenvalue weighted by Gasteiger charge is -2.12. The van der Waals surface area contributed by atoms with Gasteiger partial charge in [0, 0.05) is 26.6 Å². The fraction of sp³-hybridized carbons (Fsp3) is 0.353. The summed E-state index contributed by atoms with van der Waals surface area (Å²) in [5.41, 5.74) is 0.913. The topological polar surface area (TPSA) is 58.8 Å². The highest BCUT2D eigenvalue weighted by Gasteiger charge is 2.05. The van der Waals surface area contributed by atoms with Crippen LogP contribution in [0.1, 0.15) is 11.3 Å². The van der Waals surface area contributed by atoms with E-state index in [1.807, 2.05) is 18.2 Å². The number of ether oxygens (including phenoxy) is 1. The summed E-state index contributed by atoms with van der Waals surface area (Å²) >= 11 is 0. The zero-order valence-electron chi connectivity index (χ0n) is 13.5. The molecule has 0 atom stereocenters.